The monoisotopic (exact) mass is 352 g/mol. The number of hydrogen-bond donors (Lipinski definition) is 0. The number of methoxy groups -OCH3 is 1. The summed E-state index contributed by atoms with van der Waals surface area (Å²) < 4.78 is 6.82. The van der Waals surface area contributed by atoms with Gasteiger partial charge in [0, 0.05) is 12.3 Å². The van der Waals surface area contributed by atoms with Crippen LogP contribution < -0.4 is 10.3 Å². The molecule has 0 atom stereocenters. The van der Waals surface area contributed by atoms with Gasteiger partial charge in [0.1, 0.15) is 5.75 Å². The number of aromatic nitrogens is 1. The number of hydrogen-bond acceptors (Lipinski definition) is 3. The van der Waals surface area contributed by atoms with Crippen LogP contribution in [0, 0.1) is 11.3 Å². The van der Waals surface area contributed by atoms with Gasteiger partial charge in [-0.15, -0.1) is 12.4 Å². The van der Waals surface area contributed by atoms with Gasteiger partial charge in [0.15, 0.2) is 0 Å². The Labute approximate surface area is 152 Å². The van der Waals surface area contributed by atoms with E-state index in [0.29, 0.717) is 12.1 Å². The molecular formula is C20H17ClN2O2. The molecule has 0 aliphatic heterocycles. The number of nitriles is 1. The predicted molar refractivity (Wildman–Crippen MR) is 100 cm³/mol. The lowest BCUT2D eigenvalue weighted by Gasteiger charge is -2.09. The third-order valence-corrected chi connectivity index (χ3v) is 3.84. The van der Waals surface area contributed by atoms with Crippen molar-refractivity contribution >= 4 is 12.4 Å². The quantitative estimate of drug-likeness (QED) is 0.716. The number of halogens is 1. The Morgan fingerprint density at radius 1 is 0.960 bits per heavy atom. The number of nitrogens with zero attached hydrogens (tertiary/aromatic N) is 2. The van der Waals surface area contributed by atoms with Crippen molar-refractivity contribution in [2.24, 2.45) is 0 Å². The van der Waals surface area contributed by atoms with Gasteiger partial charge < -0.3 is 9.30 Å². The highest BCUT2D eigenvalue weighted by Crippen LogP contribution is 2.19. The van der Waals surface area contributed by atoms with Crippen LogP contribution in [0.2, 0.25) is 0 Å². The van der Waals surface area contributed by atoms with Crippen LogP contribution in [0.1, 0.15) is 11.1 Å². The van der Waals surface area contributed by atoms with Gasteiger partial charge >= 0.3 is 0 Å². The molecule has 0 fully saturated rings. The summed E-state index contributed by atoms with van der Waals surface area (Å²) in [6.07, 6.45) is 1.84. The maximum Gasteiger partial charge on any atom is 0.250 e. The molecule has 0 aliphatic rings. The second kappa shape index (κ2) is 8.18. The topological polar surface area (TPSA) is 55.0 Å². The van der Waals surface area contributed by atoms with Crippen molar-refractivity contribution < 1.29 is 4.74 Å². The SMILES string of the molecule is COc1ccc(Cn2cc(-c3ccc(C#N)cc3)ccc2=O)cc1.Cl. The first kappa shape index (κ1) is 18.3. The molecule has 4 nitrogen and oxygen atoms in total. The van der Waals surface area contributed by atoms with Crippen molar-refractivity contribution in [1.29, 1.82) is 5.26 Å². The van der Waals surface area contributed by atoms with E-state index >= 15 is 0 Å². The van der Waals surface area contributed by atoms with E-state index in [1.54, 1.807) is 35.9 Å². The fourth-order valence-corrected chi connectivity index (χ4v) is 2.49. The van der Waals surface area contributed by atoms with Crippen molar-refractivity contribution in [1.82, 2.24) is 4.57 Å². The van der Waals surface area contributed by atoms with Gasteiger partial charge in [0.05, 0.1) is 25.3 Å². The Balaban J connectivity index is 0.00000225. The standard InChI is InChI=1S/C20H16N2O2.ClH/c1-24-19-9-4-16(5-10-19)13-22-14-18(8-11-20(22)23)17-6-2-15(12-21)3-7-17;/h2-11,14H,13H2,1H3;1H. The zero-order valence-corrected chi connectivity index (χ0v) is 14.5. The Morgan fingerprint density at radius 2 is 1.60 bits per heavy atom. The van der Waals surface area contributed by atoms with Crippen LogP contribution in [0.3, 0.4) is 0 Å². The summed E-state index contributed by atoms with van der Waals surface area (Å²) in [5, 5.41) is 8.88. The second-order valence-electron chi connectivity index (χ2n) is 5.42. The number of benzene rings is 2. The molecule has 25 heavy (non-hydrogen) atoms. The molecule has 1 heterocycles. The summed E-state index contributed by atoms with van der Waals surface area (Å²) in [4.78, 5) is 12.1. The molecule has 1 aromatic heterocycles. The molecule has 3 rings (SSSR count). The zero-order valence-electron chi connectivity index (χ0n) is 13.7. The van der Waals surface area contributed by atoms with Crippen molar-refractivity contribution in [3.63, 3.8) is 0 Å². The smallest absolute Gasteiger partial charge is 0.250 e. The fourth-order valence-electron chi connectivity index (χ4n) is 2.49. The Hall–Kier alpha value is -3.03. The largest absolute Gasteiger partial charge is 0.497 e. The molecule has 0 radical (unpaired) electrons. The predicted octanol–water partition coefficient (Wildman–Crippen LogP) is 3.87. The maximum absolute atomic E-state index is 12.1. The van der Waals surface area contributed by atoms with Gasteiger partial charge in [-0.05, 0) is 47.0 Å². The molecule has 0 bridgehead atoms. The van der Waals surface area contributed by atoms with Crippen LogP contribution in [0.5, 0.6) is 5.75 Å². The molecular weight excluding hydrogens is 336 g/mol. The van der Waals surface area contributed by atoms with Crippen molar-refractivity contribution in [3.8, 4) is 22.9 Å². The second-order valence-corrected chi connectivity index (χ2v) is 5.42. The molecule has 0 unspecified atom stereocenters. The highest BCUT2D eigenvalue weighted by Gasteiger charge is 2.03. The summed E-state index contributed by atoms with van der Waals surface area (Å²) >= 11 is 0. The molecule has 0 saturated heterocycles. The Kier molecular flexibility index (Phi) is 5.99. The molecule has 0 spiro atoms. The van der Waals surface area contributed by atoms with Crippen LogP contribution in [-0.2, 0) is 6.54 Å². The highest BCUT2D eigenvalue weighted by molar-refractivity contribution is 5.85. The van der Waals surface area contributed by atoms with Crippen LogP contribution in [-0.4, -0.2) is 11.7 Å². The van der Waals surface area contributed by atoms with Gasteiger partial charge in [-0.1, -0.05) is 24.3 Å². The van der Waals surface area contributed by atoms with Gasteiger partial charge in [-0.3, -0.25) is 4.79 Å². The Bertz CT molecular complexity index is 939. The lowest BCUT2D eigenvalue weighted by molar-refractivity contribution is 0.414. The van der Waals surface area contributed by atoms with Crippen molar-refractivity contribution in [2.75, 3.05) is 7.11 Å². The number of pyridine rings is 1. The van der Waals surface area contributed by atoms with E-state index in [9.17, 15) is 4.79 Å². The van der Waals surface area contributed by atoms with Gasteiger partial charge in [-0.25, -0.2) is 0 Å². The molecule has 126 valence electrons. The van der Waals surface area contributed by atoms with E-state index in [4.69, 9.17) is 10.00 Å². The lowest BCUT2D eigenvalue weighted by Crippen LogP contribution is -2.19. The molecule has 0 saturated carbocycles. The van der Waals surface area contributed by atoms with E-state index < -0.39 is 0 Å². The van der Waals surface area contributed by atoms with Crippen molar-refractivity contribution in [2.45, 2.75) is 6.54 Å². The Morgan fingerprint density at radius 3 is 2.20 bits per heavy atom. The summed E-state index contributed by atoms with van der Waals surface area (Å²) in [7, 11) is 1.63. The first-order chi connectivity index (χ1) is 11.7. The molecule has 5 heteroatoms. The average molecular weight is 353 g/mol. The van der Waals surface area contributed by atoms with Crippen LogP contribution in [0.15, 0.2) is 71.7 Å². The molecule has 2 aromatic carbocycles. The maximum atomic E-state index is 12.1. The van der Waals surface area contributed by atoms with Crippen LogP contribution in [0.4, 0.5) is 0 Å². The third-order valence-electron chi connectivity index (χ3n) is 3.84. The lowest BCUT2D eigenvalue weighted by atomic mass is 10.1. The minimum Gasteiger partial charge on any atom is -0.497 e. The van der Waals surface area contributed by atoms with E-state index in [0.717, 1.165) is 22.4 Å². The van der Waals surface area contributed by atoms with E-state index in [1.165, 1.54) is 0 Å². The highest BCUT2D eigenvalue weighted by atomic mass is 35.5. The zero-order chi connectivity index (χ0) is 16.9. The van der Waals surface area contributed by atoms with Crippen LogP contribution >= 0.6 is 12.4 Å². The minimum absolute atomic E-state index is 0. The molecule has 0 amide bonds. The minimum atomic E-state index is -0.0526. The molecule has 0 aliphatic carbocycles. The normalized spacial score (nSPS) is 9.76. The molecule has 0 N–H and O–H groups in total. The fraction of sp³-hybridized carbons (Fsp3) is 0.100. The third kappa shape index (κ3) is 4.28. The van der Waals surface area contributed by atoms with Gasteiger partial charge in [-0.2, -0.15) is 5.26 Å². The van der Waals surface area contributed by atoms with Gasteiger partial charge in [0.25, 0.3) is 5.56 Å². The summed E-state index contributed by atoms with van der Waals surface area (Å²) in [6.45, 7) is 0.493. The summed E-state index contributed by atoms with van der Waals surface area (Å²) in [5.74, 6) is 0.789. The van der Waals surface area contributed by atoms with E-state index in [2.05, 4.69) is 6.07 Å². The average Bonchev–Trinajstić information content (AvgIpc) is 2.64. The number of rotatable bonds is 4. The number of ether oxygens (including phenoxy) is 1. The summed E-state index contributed by atoms with van der Waals surface area (Å²) in [6, 6.07) is 20.4. The van der Waals surface area contributed by atoms with Crippen molar-refractivity contribution in [3.05, 3.63) is 88.3 Å². The first-order valence-electron chi connectivity index (χ1n) is 7.53. The van der Waals surface area contributed by atoms with E-state index in [-0.39, 0.29) is 18.0 Å². The van der Waals surface area contributed by atoms with E-state index in [1.807, 2.05) is 42.6 Å². The first-order valence-corrected chi connectivity index (χ1v) is 7.53. The van der Waals surface area contributed by atoms with Crippen LogP contribution in [0.25, 0.3) is 11.1 Å². The molecule has 3 aromatic rings. The van der Waals surface area contributed by atoms with Gasteiger partial charge in [0.2, 0.25) is 0 Å². The summed E-state index contributed by atoms with van der Waals surface area (Å²) in [5.41, 5.74) is 3.49.